The van der Waals surface area contributed by atoms with Crippen molar-refractivity contribution in [3.8, 4) is 11.3 Å². The number of pyridine rings is 1. The predicted octanol–water partition coefficient (Wildman–Crippen LogP) is 2.66. The minimum absolute atomic E-state index is 0. The maximum atomic E-state index is 12.4. The van der Waals surface area contributed by atoms with E-state index in [9.17, 15) is 5.11 Å². The van der Waals surface area contributed by atoms with E-state index in [4.69, 9.17) is 10.1 Å². The molecule has 0 radical (unpaired) electrons. The zero-order valence-corrected chi connectivity index (χ0v) is 23.9. The van der Waals surface area contributed by atoms with Gasteiger partial charge in [-0.2, -0.15) is 5.10 Å². The van der Waals surface area contributed by atoms with Crippen molar-refractivity contribution >= 4 is 28.7 Å². The number of fused-ring (bicyclic) bond motifs is 1. The summed E-state index contributed by atoms with van der Waals surface area (Å²) in [7, 11) is 0. The molecule has 4 heterocycles. The number of aromatic nitrogens is 4. The number of benzene rings is 1. The Morgan fingerprint density at radius 3 is 2.72 bits per heavy atom. The van der Waals surface area contributed by atoms with Crippen LogP contribution in [0.3, 0.4) is 0 Å². The summed E-state index contributed by atoms with van der Waals surface area (Å²) in [5.41, 5.74) is 3.80. The van der Waals surface area contributed by atoms with E-state index in [2.05, 4.69) is 28.2 Å². The van der Waals surface area contributed by atoms with Crippen LogP contribution in [0.25, 0.3) is 22.7 Å². The second kappa shape index (κ2) is 12.9. The van der Waals surface area contributed by atoms with Crippen LogP contribution >= 0.6 is 0 Å². The van der Waals surface area contributed by atoms with Crippen LogP contribution in [0.5, 0.6) is 0 Å². The van der Waals surface area contributed by atoms with Crippen molar-refractivity contribution in [2.45, 2.75) is 53.0 Å². The average molecular weight is 493 g/mol. The number of hydrogen-bond acceptors (Lipinski definition) is 6. The molecule has 1 aromatic carbocycles. The fraction of sp³-hybridized carbons (Fsp3) is 0.321. The van der Waals surface area contributed by atoms with Crippen LogP contribution in [0.1, 0.15) is 52.5 Å². The van der Waals surface area contributed by atoms with Gasteiger partial charge in [-0.15, -0.1) is 5.76 Å². The molecule has 0 saturated carbocycles. The zero-order chi connectivity index (χ0) is 24.8. The quantitative estimate of drug-likeness (QED) is 0.329. The third kappa shape index (κ3) is 6.09. The summed E-state index contributed by atoms with van der Waals surface area (Å²) in [4.78, 5) is 11.7. The fourth-order valence-corrected chi connectivity index (χ4v) is 4.35. The van der Waals surface area contributed by atoms with Crippen molar-refractivity contribution in [2.75, 3.05) is 16.8 Å². The summed E-state index contributed by atoms with van der Waals surface area (Å²) in [6, 6.07) is 16.1. The molecule has 1 aliphatic heterocycles. The molecule has 36 heavy (non-hydrogen) atoms. The molecule has 4 aromatic rings. The van der Waals surface area contributed by atoms with Gasteiger partial charge >= 0.3 is 29.6 Å². The first kappa shape index (κ1) is 27.7. The molecule has 3 aromatic heterocycles. The molecule has 0 amide bonds. The Bertz CT molecular complexity index is 1320. The molecular weight excluding hydrogens is 459 g/mol. The van der Waals surface area contributed by atoms with Crippen molar-refractivity contribution in [3.05, 3.63) is 72.6 Å². The zero-order valence-electron chi connectivity index (χ0n) is 21.9. The average Bonchev–Trinajstić information content (AvgIpc) is 3.55. The van der Waals surface area contributed by atoms with Gasteiger partial charge < -0.3 is 15.3 Å². The van der Waals surface area contributed by atoms with Crippen LogP contribution in [0.4, 0.5) is 17.3 Å². The normalized spacial score (nSPS) is 15.3. The van der Waals surface area contributed by atoms with E-state index in [1.54, 1.807) is 16.8 Å². The molecule has 8 heteroatoms. The second-order valence-electron chi connectivity index (χ2n) is 8.39. The van der Waals surface area contributed by atoms with Crippen molar-refractivity contribution < 1.29 is 34.7 Å². The van der Waals surface area contributed by atoms with Crippen LogP contribution in [-0.4, -0.2) is 32.2 Å². The van der Waals surface area contributed by atoms with Gasteiger partial charge in [0.05, 0.1) is 11.4 Å². The van der Waals surface area contributed by atoms with Crippen molar-refractivity contribution in [3.63, 3.8) is 0 Å². The van der Waals surface area contributed by atoms with Gasteiger partial charge in [-0.05, 0) is 56.0 Å². The number of nitrogens with zero attached hydrogens (tertiary/aromatic N) is 5. The third-order valence-corrected chi connectivity index (χ3v) is 6.04. The molecule has 1 N–H and O–H groups in total. The first-order valence-electron chi connectivity index (χ1n) is 12.5. The summed E-state index contributed by atoms with van der Waals surface area (Å²) in [6.45, 7) is 9.24. The Labute approximate surface area is 235 Å². The minimum atomic E-state index is 0. The molecular formula is C28H33N6NaO. The maximum absolute atomic E-state index is 12.4. The molecule has 1 saturated heterocycles. The van der Waals surface area contributed by atoms with E-state index in [0.717, 1.165) is 35.1 Å². The van der Waals surface area contributed by atoms with E-state index in [1.807, 2.05) is 69.4 Å². The van der Waals surface area contributed by atoms with Crippen LogP contribution < -0.4 is 44.9 Å². The first-order chi connectivity index (χ1) is 17.1. The summed E-state index contributed by atoms with van der Waals surface area (Å²) >= 11 is 0. The Hall–Kier alpha value is -2.87. The Kier molecular flexibility index (Phi) is 9.93. The number of allylic oxidation sites excluding steroid dienone is 1. The van der Waals surface area contributed by atoms with Gasteiger partial charge in [0.1, 0.15) is 11.6 Å². The SMILES string of the molecule is CC.CC/C=C(/[O-])c1cccc(-c2cc(Nc3cccc(N4CCCC4C)n3)c3nccn3n2)c1.[Na+]. The maximum Gasteiger partial charge on any atom is 1.00 e. The largest absolute Gasteiger partial charge is 1.00 e. The topological polar surface area (TPSA) is 81.4 Å². The summed E-state index contributed by atoms with van der Waals surface area (Å²) < 4.78 is 1.75. The molecule has 0 spiro atoms. The van der Waals surface area contributed by atoms with Crippen LogP contribution in [-0.2, 0) is 0 Å². The molecule has 7 nitrogen and oxygen atoms in total. The minimum Gasteiger partial charge on any atom is -0.872 e. The van der Waals surface area contributed by atoms with Crippen molar-refractivity contribution in [1.82, 2.24) is 19.6 Å². The number of nitrogens with one attached hydrogen (secondary N) is 1. The van der Waals surface area contributed by atoms with Gasteiger partial charge in [0.15, 0.2) is 5.65 Å². The van der Waals surface area contributed by atoms with Gasteiger partial charge in [-0.1, -0.05) is 51.1 Å². The second-order valence-corrected chi connectivity index (χ2v) is 8.39. The Morgan fingerprint density at radius 2 is 1.97 bits per heavy atom. The van der Waals surface area contributed by atoms with Gasteiger partial charge in [0.25, 0.3) is 0 Å². The smallest absolute Gasteiger partial charge is 0.872 e. The summed E-state index contributed by atoms with van der Waals surface area (Å²) in [6.07, 6.45) is 8.33. The van der Waals surface area contributed by atoms with E-state index in [1.165, 1.54) is 12.8 Å². The molecule has 0 bridgehead atoms. The predicted molar refractivity (Wildman–Crippen MR) is 142 cm³/mol. The molecule has 1 atom stereocenters. The van der Waals surface area contributed by atoms with Crippen LogP contribution in [0.2, 0.25) is 0 Å². The van der Waals surface area contributed by atoms with Gasteiger partial charge in [-0.3, -0.25) is 0 Å². The van der Waals surface area contributed by atoms with Gasteiger partial charge in [0.2, 0.25) is 0 Å². The summed E-state index contributed by atoms with van der Waals surface area (Å²) in [5.74, 6) is 1.77. The summed E-state index contributed by atoms with van der Waals surface area (Å²) in [5, 5.41) is 20.5. The molecule has 0 aliphatic carbocycles. The first-order valence-corrected chi connectivity index (χ1v) is 12.5. The van der Waals surface area contributed by atoms with Gasteiger partial charge in [0, 0.05) is 30.5 Å². The van der Waals surface area contributed by atoms with E-state index >= 15 is 0 Å². The van der Waals surface area contributed by atoms with E-state index in [-0.39, 0.29) is 35.3 Å². The van der Waals surface area contributed by atoms with Gasteiger partial charge in [-0.25, -0.2) is 14.5 Å². The third-order valence-electron chi connectivity index (χ3n) is 6.04. The monoisotopic (exact) mass is 492 g/mol. The van der Waals surface area contributed by atoms with Crippen molar-refractivity contribution in [2.24, 2.45) is 0 Å². The number of anilines is 3. The molecule has 182 valence electrons. The standard InChI is InChI=1S/C26H28N6O.C2H6.Na/c1-3-7-23(33)20-10-4-9-19(16-20)21-17-22(26-27-13-15-32(26)30-21)28-24-11-5-12-25(29-24)31-14-6-8-18(31)2;1-2;/h4-5,7,9-13,15-18,33H,3,6,8,14H2,1-2H3,(H,28,29);1-2H3;/q;;+1/p-1/b23-7+;;. The molecule has 1 aliphatic rings. The Balaban J connectivity index is 0.00000117. The van der Waals surface area contributed by atoms with Crippen molar-refractivity contribution in [1.29, 1.82) is 0 Å². The van der Waals surface area contributed by atoms with E-state index in [0.29, 0.717) is 23.7 Å². The number of hydrogen-bond donors (Lipinski definition) is 1. The van der Waals surface area contributed by atoms with E-state index < -0.39 is 0 Å². The number of rotatable bonds is 6. The molecule has 5 rings (SSSR count). The molecule has 1 unspecified atom stereocenters. The number of imidazole rings is 1. The Morgan fingerprint density at radius 1 is 1.17 bits per heavy atom. The molecule has 1 fully saturated rings. The van der Waals surface area contributed by atoms with Crippen LogP contribution in [0, 0.1) is 0 Å². The van der Waals surface area contributed by atoms with Crippen LogP contribution in [0.15, 0.2) is 67.0 Å². The fourth-order valence-electron chi connectivity index (χ4n) is 4.35.